The van der Waals surface area contributed by atoms with E-state index in [0.717, 1.165) is 53.8 Å². The molecule has 0 saturated heterocycles. The summed E-state index contributed by atoms with van der Waals surface area (Å²) in [6.07, 6.45) is 10.1. The van der Waals surface area contributed by atoms with E-state index in [2.05, 4.69) is 41.6 Å². The molecule has 0 unspecified atom stereocenters. The van der Waals surface area contributed by atoms with E-state index >= 15 is 0 Å². The van der Waals surface area contributed by atoms with E-state index in [1.807, 2.05) is 0 Å². The summed E-state index contributed by atoms with van der Waals surface area (Å²) in [5, 5.41) is 1.99. The maximum atomic E-state index is 12.3. The molecule has 4 rings (SSSR count). The van der Waals surface area contributed by atoms with Crippen molar-refractivity contribution in [2.24, 2.45) is 17.3 Å². The number of amides is 2. The fourth-order valence-corrected chi connectivity index (χ4v) is 6.86. The molecule has 2 aliphatic rings. The Labute approximate surface area is 192 Å². The largest absolute Gasteiger partial charge is 0.273 e. The van der Waals surface area contributed by atoms with E-state index in [0.29, 0.717) is 11.3 Å². The molecule has 31 heavy (non-hydrogen) atoms. The third-order valence-electron chi connectivity index (χ3n) is 6.68. The van der Waals surface area contributed by atoms with Gasteiger partial charge in [0.2, 0.25) is 11.8 Å². The van der Waals surface area contributed by atoms with Gasteiger partial charge in [0.15, 0.2) is 0 Å². The number of aryl methyl sites for hydroxylation is 1. The molecule has 2 aromatic heterocycles. The van der Waals surface area contributed by atoms with Gasteiger partial charge in [0.25, 0.3) is 0 Å². The maximum Gasteiger partial charge on any atom is 0.248 e. The second kappa shape index (κ2) is 9.45. The van der Waals surface area contributed by atoms with E-state index in [9.17, 15) is 9.59 Å². The molecule has 0 spiro atoms. The number of thioether (sulfide) groups is 1. The standard InChI is InChI=1S/C23H32N4O2S2/c1-23(2,3)15-9-10-16-17(11-15)31-22-19(16)21(24-13-25-22)30-12-18(28)26-27-20(29)14-7-5-4-6-8-14/h13-15H,4-12H2,1-3H3,(H,26,28)(H,27,29)/t15-/m0/s1. The average molecular weight is 461 g/mol. The van der Waals surface area contributed by atoms with Gasteiger partial charge in [-0.25, -0.2) is 9.97 Å². The zero-order chi connectivity index (χ0) is 22.0. The third-order valence-corrected chi connectivity index (χ3v) is 8.83. The lowest BCUT2D eigenvalue weighted by Crippen LogP contribution is -2.45. The minimum atomic E-state index is -0.210. The Kier molecular flexibility index (Phi) is 6.86. The Morgan fingerprint density at radius 1 is 1.13 bits per heavy atom. The van der Waals surface area contributed by atoms with Gasteiger partial charge >= 0.3 is 0 Å². The van der Waals surface area contributed by atoms with Crippen LogP contribution < -0.4 is 10.9 Å². The summed E-state index contributed by atoms with van der Waals surface area (Å²) < 4.78 is 0. The Bertz CT molecular complexity index is 960. The minimum Gasteiger partial charge on any atom is -0.273 e. The van der Waals surface area contributed by atoms with Gasteiger partial charge in [-0.3, -0.25) is 20.4 Å². The number of aromatic nitrogens is 2. The second-order valence-electron chi connectivity index (χ2n) is 9.83. The molecule has 2 aromatic rings. The van der Waals surface area contributed by atoms with Gasteiger partial charge < -0.3 is 0 Å². The summed E-state index contributed by atoms with van der Waals surface area (Å²) in [5.41, 5.74) is 6.86. The molecule has 1 fully saturated rings. The van der Waals surface area contributed by atoms with Crippen LogP contribution in [0, 0.1) is 17.3 Å². The molecule has 0 bridgehead atoms. The molecular weight excluding hydrogens is 428 g/mol. The molecule has 2 N–H and O–H groups in total. The number of fused-ring (bicyclic) bond motifs is 3. The van der Waals surface area contributed by atoms with Crippen LogP contribution in [0.15, 0.2) is 11.4 Å². The Balaban J connectivity index is 1.38. The first-order valence-corrected chi connectivity index (χ1v) is 13.1. The van der Waals surface area contributed by atoms with Crippen LogP contribution in [0.1, 0.15) is 69.7 Å². The summed E-state index contributed by atoms with van der Waals surface area (Å²) in [7, 11) is 0. The van der Waals surface area contributed by atoms with Gasteiger partial charge in [-0.05, 0) is 49.0 Å². The fourth-order valence-electron chi connectivity index (χ4n) is 4.70. The van der Waals surface area contributed by atoms with Gasteiger partial charge in [-0.1, -0.05) is 51.8 Å². The van der Waals surface area contributed by atoms with Crippen molar-refractivity contribution < 1.29 is 9.59 Å². The molecule has 1 atom stereocenters. The predicted molar refractivity (Wildman–Crippen MR) is 126 cm³/mol. The van der Waals surface area contributed by atoms with Gasteiger partial charge in [0, 0.05) is 16.2 Å². The lowest BCUT2D eigenvalue weighted by Gasteiger charge is -2.33. The van der Waals surface area contributed by atoms with Crippen LogP contribution in [0.25, 0.3) is 10.2 Å². The monoisotopic (exact) mass is 460 g/mol. The first-order valence-electron chi connectivity index (χ1n) is 11.3. The van der Waals surface area contributed by atoms with E-state index in [1.165, 1.54) is 35.0 Å². The summed E-state index contributed by atoms with van der Waals surface area (Å²) in [6.45, 7) is 6.97. The van der Waals surface area contributed by atoms with Gasteiger partial charge in [-0.15, -0.1) is 11.3 Å². The van der Waals surface area contributed by atoms with Crippen molar-refractivity contribution in [3.63, 3.8) is 0 Å². The lowest BCUT2D eigenvalue weighted by atomic mass is 9.72. The molecule has 2 aliphatic carbocycles. The molecule has 2 heterocycles. The third kappa shape index (κ3) is 5.22. The van der Waals surface area contributed by atoms with E-state index in [-0.39, 0.29) is 23.5 Å². The summed E-state index contributed by atoms with van der Waals surface area (Å²) in [6, 6.07) is 0. The smallest absolute Gasteiger partial charge is 0.248 e. The average Bonchev–Trinajstić information content (AvgIpc) is 3.14. The number of rotatable bonds is 4. The number of carbonyl (C=O) groups is 2. The highest BCUT2D eigenvalue weighted by atomic mass is 32.2. The molecule has 1 saturated carbocycles. The van der Waals surface area contributed by atoms with Crippen LogP contribution >= 0.6 is 23.1 Å². The second-order valence-corrected chi connectivity index (χ2v) is 11.9. The van der Waals surface area contributed by atoms with Crippen molar-refractivity contribution in [2.45, 2.75) is 77.2 Å². The Morgan fingerprint density at radius 3 is 2.65 bits per heavy atom. The highest BCUT2D eigenvalue weighted by Gasteiger charge is 2.31. The maximum absolute atomic E-state index is 12.3. The first kappa shape index (κ1) is 22.5. The number of thiophene rings is 1. The van der Waals surface area contributed by atoms with Crippen LogP contribution in [0.4, 0.5) is 0 Å². The molecule has 0 aliphatic heterocycles. The lowest BCUT2D eigenvalue weighted by molar-refractivity contribution is -0.131. The highest BCUT2D eigenvalue weighted by Crippen LogP contribution is 2.44. The van der Waals surface area contributed by atoms with Crippen molar-refractivity contribution in [2.75, 3.05) is 5.75 Å². The van der Waals surface area contributed by atoms with Gasteiger partial charge in [0.05, 0.1) is 5.75 Å². The van der Waals surface area contributed by atoms with Crippen LogP contribution in [-0.2, 0) is 22.4 Å². The van der Waals surface area contributed by atoms with Crippen molar-refractivity contribution >= 4 is 45.1 Å². The van der Waals surface area contributed by atoms with Crippen LogP contribution in [0.3, 0.4) is 0 Å². The molecule has 0 aromatic carbocycles. The van der Waals surface area contributed by atoms with Crippen molar-refractivity contribution in [1.29, 1.82) is 0 Å². The van der Waals surface area contributed by atoms with Gasteiger partial charge in [0.1, 0.15) is 16.2 Å². The van der Waals surface area contributed by atoms with Crippen molar-refractivity contribution in [3.8, 4) is 0 Å². The fraction of sp³-hybridized carbons (Fsp3) is 0.652. The number of nitrogens with zero attached hydrogens (tertiary/aromatic N) is 2. The quantitative estimate of drug-likeness (QED) is 0.394. The molecule has 168 valence electrons. The number of nitrogens with one attached hydrogen (secondary N) is 2. The predicted octanol–water partition coefficient (Wildman–Crippen LogP) is 4.66. The summed E-state index contributed by atoms with van der Waals surface area (Å²) >= 11 is 3.20. The van der Waals surface area contributed by atoms with Crippen molar-refractivity contribution in [3.05, 3.63) is 16.8 Å². The number of carbonyl (C=O) groups excluding carboxylic acids is 2. The summed E-state index contributed by atoms with van der Waals surface area (Å²) in [4.78, 5) is 36.0. The number of hydrogen-bond acceptors (Lipinski definition) is 6. The van der Waals surface area contributed by atoms with Crippen molar-refractivity contribution in [1.82, 2.24) is 20.8 Å². The van der Waals surface area contributed by atoms with Crippen LogP contribution in [-0.4, -0.2) is 27.5 Å². The Morgan fingerprint density at radius 2 is 1.90 bits per heavy atom. The molecule has 2 amide bonds. The number of hydrogen-bond donors (Lipinski definition) is 2. The SMILES string of the molecule is CC(C)(C)[C@H]1CCc2c(sc3ncnc(SCC(=O)NNC(=O)C4CCCCC4)c23)C1. The first-order chi connectivity index (χ1) is 14.8. The van der Waals surface area contributed by atoms with Gasteiger partial charge in [-0.2, -0.15) is 0 Å². The zero-order valence-corrected chi connectivity index (χ0v) is 20.3. The van der Waals surface area contributed by atoms with Crippen LogP contribution in [0.5, 0.6) is 0 Å². The molecular formula is C23H32N4O2S2. The molecule has 0 radical (unpaired) electrons. The highest BCUT2D eigenvalue weighted by molar-refractivity contribution is 8.00. The molecule has 8 heteroatoms. The minimum absolute atomic E-state index is 0.0254. The normalized spacial score (nSPS) is 19.8. The van der Waals surface area contributed by atoms with E-state index in [4.69, 9.17) is 0 Å². The van der Waals surface area contributed by atoms with E-state index in [1.54, 1.807) is 17.7 Å². The molecule has 6 nitrogen and oxygen atoms in total. The zero-order valence-electron chi connectivity index (χ0n) is 18.6. The Hall–Kier alpha value is -1.67. The van der Waals surface area contributed by atoms with E-state index < -0.39 is 0 Å². The number of hydrazine groups is 1. The summed E-state index contributed by atoms with van der Waals surface area (Å²) in [5.74, 6) is 0.639. The van der Waals surface area contributed by atoms with Crippen LogP contribution in [0.2, 0.25) is 0 Å². The topological polar surface area (TPSA) is 84.0 Å².